The Morgan fingerprint density at radius 3 is 2.42 bits per heavy atom. The lowest BCUT2D eigenvalue weighted by atomic mass is 10.00. The van der Waals surface area contributed by atoms with Crippen LogP contribution < -0.4 is 5.32 Å². The van der Waals surface area contributed by atoms with Crippen LogP contribution in [0, 0.1) is 0 Å². The van der Waals surface area contributed by atoms with E-state index < -0.39 is 5.97 Å². The molecule has 0 aliphatic carbocycles. The zero-order valence-electron chi connectivity index (χ0n) is 19.8. The van der Waals surface area contributed by atoms with E-state index >= 15 is 0 Å². The van der Waals surface area contributed by atoms with Gasteiger partial charge in [0.15, 0.2) is 5.82 Å². The second kappa shape index (κ2) is 10.4. The smallest absolute Gasteiger partial charge is 0.342 e. The third kappa shape index (κ3) is 5.13. The molecule has 0 radical (unpaired) electrons. The number of ether oxygens (including phenoxy) is 1. The van der Waals surface area contributed by atoms with Gasteiger partial charge in [-0.1, -0.05) is 44.2 Å². The summed E-state index contributed by atoms with van der Waals surface area (Å²) in [4.78, 5) is 51.2. The van der Waals surface area contributed by atoms with Crippen LogP contribution in [0.1, 0.15) is 60.2 Å². The predicted molar refractivity (Wildman–Crippen MR) is 124 cm³/mol. The van der Waals surface area contributed by atoms with Crippen LogP contribution >= 0.6 is 0 Å². The number of nitrogens with zero attached hydrogens (tertiary/aromatic N) is 4. The highest BCUT2D eigenvalue weighted by molar-refractivity contribution is 6.05. The van der Waals surface area contributed by atoms with Crippen molar-refractivity contribution >= 4 is 17.9 Å². The molecule has 176 valence electrons. The Bertz CT molecular complexity index is 1030. The number of piperazine rings is 1. The van der Waals surface area contributed by atoms with Crippen LogP contribution in [0.4, 0.5) is 4.79 Å². The summed E-state index contributed by atoms with van der Waals surface area (Å²) in [7, 11) is 1.28. The van der Waals surface area contributed by atoms with Crippen LogP contribution in [0.5, 0.6) is 0 Å². The van der Waals surface area contributed by atoms with E-state index in [1.165, 1.54) is 7.11 Å². The Morgan fingerprint density at radius 1 is 1.15 bits per heavy atom. The van der Waals surface area contributed by atoms with Crippen molar-refractivity contribution in [3.05, 3.63) is 47.3 Å². The van der Waals surface area contributed by atoms with Crippen molar-refractivity contribution in [2.24, 2.45) is 0 Å². The number of urea groups is 1. The molecular formula is C24H31N5O4. The normalized spacial score (nSPS) is 16.0. The van der Waals surface area contributed by atoms with Crippen molar-refractivity contribution in [3.8, 4) is 11.4 Å². The number of carbonyl (C=O) groups is 3. The van der Waals surface area contributed by atoms with Gasteiger partial charge >= 0.3 is 12.0 Å². The van der Waals surface area contributed by atoms with Crippen LogP contribution in [0.15, 0.2) is 30.3 Å². The molecule has 1 unspecified atom stereocenters. The summed E-state index contributed by atoms with van der Waals surface area (Å²) in [5.74, 6) is -0.774. The van der Waals surface area contributed by atoms with Crippen molar-refractivity contribution in [2.75, 3.05) is 33.3 Å². The van der Waals surface area contributed by atoms with Gasteiger partial charge in [-0.3, -0.25) is 4.79 Å². The van der Waals surface area contributed by atoms with Crippen LogP contribution in [0.25, 0.3) is 11.4 Å². The summed E-state index contributed by atoms with van der Waals surface area (Å²) in [5.41, 5.74) is 1.33. The van der Waals surface area contributed by atoms with E-state index in [-0.39, 0.29) is 35.2 Å². The van der Waals surface area contributed by atoms with Gasteiger partial charge in [0, 0.05) is 37.8 Å². The summed E-state index contributed by atoms with van der Waals surface area (Å²) in [6, 6.07) is 9.00. The van der Waals surface area contributed by atoms with Crippen LogP contribution in [0.2, 0.25) is 0 Å². The van der Waals surface area contributed by atoms with E-state index in [0.717, 1.165) is 5.56 Å². The molecule has 1 aromatic carbocycles. The fraction of sp³-hybridized carbons (Fsp3) is 0.458. The van der Waals surface area contributed by atoms with Gasteiger partial charge in [-0.05, 0) is 19.8 Å². The molecule has 1 aromatic heterocycles. The van der Waals surface area contributed by atoms with Crippen LogP contribution in [-0.4, -0.2) is 77.0 Å². The van der Waals surface area contributed by atoms with Crippen molar-refractivity contribution < 1.29 is 19.1 Å². The fourth-order valence-electron chi connectivity index (χ4n) is 3.92. The molecule has 33 heavy (non-hydrogen) atoms. The highest BCUT2D eigenvalue weighted by atomic mass is 16.5. The maximum atomic E-state index is 13.7. The number of hydrogen-bond acceptors (Lipinski definition) is 6. The molecule has 0 bridgehead atoms. The van der Waals surface area contributed by atoms with Gasteiger partial charge in [-0.25, -0.2) is 19.6 Å². The average Bonchev–Trinajstić information content (AvgIpc) is 2.82. The van der Waals surface area contributed by atoms with Crippen LogP contribution in [-0.2, 0) is 4.74 Å². The maximum Gasteiger partial charge on any atom is 0.342 e. The van der Waals surface area contributed by atoms with E-state index in [0.29, 0.717) is 37.7 Å². The third-order valence-corrected chi connectivity index (χ3v) is 5.61. The molecule has 9 nitrogen and oxygen atoms in total. The van der Waals surface area contributed by atoms with Gasteiger partial charge in [0.1, 0.15) is 11.3 Å². The molecule has 1 N–H and O–H groups in total. The van der Waals surface area contributed by atoms with Crippen LogP contribution in [0.3, 0.4) is 0 Å². The van der Waals surface area contributed by atoms with E-state index in [1.54, 1.807) is 9.80 Å². The Hall–Kier alpha value is -3.49. The average molecular weight is 454 g/mol. The molecule has 3 amide bonds. The number of rotatable bonds is 5. The molecular weight excluding hydrogens is 422 g/mol. The minimum atomic E-state index is -0.643. The van der Waals surface area contributed by atoms with Gasteiger partial charge in [-0.15, -0.1) is 0 Å². The summed E-state index contributed by atoms with van der Waals surface area (Å²) >= 11 is 0. The topological polar surface area (TPSA) is 105 Å². The number of methoxy groups -OCH3 is 1. The number of aromatic nitrogens is 2. The number of nitrogens with one attached hydrogen (secondary N) is 1. The standard InChI is InChI=1S/C24H31N5O4/c1-6-25-24(32)29-13-12-28(14-16(29)4)22(30)20-18(23(31)33-5)19(15(2)3)26-21(27-20)17-10-8-7-9-11-17/h7-11,15-16H,6,12-14H2,1-5H3,(H,25,32). The molecule has 0 saturated carbocycles. The molecule has 1 atom stereocenters. The van der Waals surface area contributed by atoms with E-state index in [4.69, 9.17) is 4.74 Å². The zero-order chi connectivity index (χ0) is 24.1. The Kier molecular flexibility index (Phi) is 7.63. The van der Waals surface area contributed by atoms with Crippen molar-refractivity contribution in [1.29, 1.82) is 0 Å². The van der Waals surface area contributed by atoms with Gasteiger partial charge in [0.25, 0.3) is 5.91 Å². The van der Waals surface area contributed by atoms with Gasteiger partial charge in [0.05, 0.1) is 12.8 Å². The first-order chi connectivity index (χ1) is 15.8. The fourth-order valence-corrected chi connectivity index (χ4v) is 3.92. The van der Waals surface area contributed by atoms with Crippen molar-refractivity contribution in [1.82, 2.24) is 25.1 Å². The molecule has 0 spiro atoms. The second-order valence-corrected chi connectivity index (χ2v) is 8.30. The highest BCUT2D eigenvalue weighted by Gasteiger charge is 2.34. The van der Waals surface area contributed by atoms with E-state index in [9.17, 15) is 14.4 Å². The molecule has 1 aliphatic rings. The SMILES string of the molecule is CCNC(=O)N1CCN(C(=O)c2nc(-c3ccccc3)nc(C(C)C)c2C(=O)OC)CC1C. The minimum absolute atomic E-state index is 0.0260. The van der Waals surface area contributed by atoms with E-state index in [2.05, 4.69) is 15.3 Å². The molecule has 2 heterocycles. The lowest BCUT2D eigenvalue weighted by molar-refractivity contribution is 0.0544. The Balaban J connectivity index is 2.03. The van der Waals surface area contributed by atoms with Gasteiger partial charge in [-0.2, -0.15) is 0 Å². The third-order valence-electron chi connectivity index (χ3n) is 5.61. The lowest BCUT2D eigenvalue weighted by Gasteiger charge is -2.39. The molecule has 1 saturated heterocycles. The highest BCUT2D eigenvalue weighted by Crippen LogP contribution is 2.26. The zero-order valence-corrected chi connectivity index (χ0v) is 19.8. The summed E-state index contributed by atoms with van der Waals surface area (Å²) in [6.45, 7) is 9.17. The lowest BCUT2D eigenvalue weighted by Crippen LogP contribution is -2.57. The number of benzene rings is 1. The first kappa shape index (κ1) is 24.2. The second-order valence-electron chi connectivity index (χ2n) is 8.30. The Morgan fingerprint density at radius 2 is 1.85 bits per heavy atom. The summed E-state index contributed by atoms with van der Waals surface area (Å²) in [6.07, 6.45) is 0. The number of hydrogen-bond donors (Lipinski definition) is 1. The van der Waals surface area contributed by atoms with Gasteiger partial charge < -0.3 is 19.9 Å². The molecule has 3 rings (SSSR count). The summed E-state index contributed by atoms with van der Waals surface area (Å²) < 4.78 is 5.00. The minimum Gasteiger partial charge on any atom is -0.465 e. The van der Waals surface area contributed by atoms with Gasteiger partial charge in [0.2, 0.25) is 0 Å². The molecule has 9 heteroatoms. The number of carbonyl (C=O) groups excluding carboxylic acids is 3. The van der Waals surface area contributed by atoms with Crippen molar-refractivity contribution in [3.63, 3.8) is 0 Å². The quantitative estimate of drug-likeness (QED) is 0.698. The molecule has 1 fully saturated rings. The predicted octanol–water partition coefficient (Wildman–Crippen LogP) is 2.93. The van der Waals surface area contributed by atoms with E-state index in [1.807, 2.05) is 58.0 Å². The molecule has 1 aliphatic heterocycles. The molecule has 2 aromatic rings. The van der Waals surface area contributed by atoms with Crippen molar-refractivity contribution in [2.45, 2.75) is 39.7 Å². The number of esters is 1. The largest absolute Gasteiger partial charge is 0.465 e. The number of amides is 3. The summed E-state index contributed by atoms with van der Waals surface area (Å²) in [5, 5.41) is 2.80. The Labute approximate surface area is 194 Å². The first-order valence-electron chi connectivity index (χ1n) is 11.2. The first-order valence-corrected chi connectivity index (χ1v) is 11.2. The monoisotopic (exact) mass is 453 g/mol. The maximum absolute atomic E-state index is 13.7.